The Labute approximate surface area is 139 Å². The average molecular weight is 351 g/mol. The predicted molar refractivity (Wildman–Crippen MR) is 88.6 cm³/mol. The molecular formula is C15H17N3O3S2. The number of thiophene rings is 1. The topological polar surface area (TPSA) is 79.4 Å². The van der Waals surface area contributed by atoms with Gasteiger partial charge < -0.3 is 4.90 Å². The number of aromatic nitrogens is 1. The molecule has 122 valence electrons. The normalized spacial score (nSPS) is 15.4. The summed E-state index contributed by atoms with van der Waals surface area (Å²) in [6.07, 6.45) is 1.63. The molecule has 0 bridgehead atoms. The van der Waals surface area contributed by atoms with Gasteiger partial charge in [0.05, 0.1) is 22.9 Å². The second kappa shape index (κ2) is 6.77. The van der Waals surface area contributed by atoms with Crippen LogP contribution in [0.1, 0.15) is 15.4 Å². The highest BCUT2D eigenvalue weighted by molar-refractivity contribution is 7.89. The van der Waals surface area contributed by atoms with Gasteiger partial charge >= 0.3 is 0 Å². The molecule has 0 atom stereocenters. The van der Waals surface area contributed by atoms with Crippen molar-refractivity contribution < 1.29 is 13.2 Å². The Kier molecular flexibility index (Phi) is 4.74. The van der Waals surface area contributed by atoms with Crippen LogP contribution in [0.4, 0.5) is 0 Å². The van der Waals surface area contributed by atoms with Crippen LogP contribution in [0.2, 0.25) is 0 Å². The van der Waals surface area contributed by atoms with Crippen molar-refractivity contribution in [2.24, 2.45) is 5.92 Å². The van der Waals surface area contributed by atoms with E-state index < -0.39 is 10.0 Å². The zero-order chi connectivity index (χ0) is 16.3. The van der Waals surface area contributed by atoms with E-state index in [9.17, 15) is 13.2 Å². The minimum Gasteiger partial charge on any atom is -0.337 e. The van der Waals surface area contributed by atoms with E-state index in [0.717, 1.165) is 0 Å². The van der Waals surface area contributed by atoms with Crippen molar-refractivity contribution in [3.8, 4) is 0 Å². The minimum absolute atomic E-state index is 0.0138. The molecule has 1 amide bonds. The number of nitrogens with one attached hydrogen (secondary N) is 1. The van der Waals surface area contributed by atoms with Crippen molar-refractivity contribution in [1.82, 2.24) is 14.6 Å². The zero-order valence-corrected chi connectivity index (χ0v) is 14.0. The van der Waals surface area contributed by atoms with Crippen LogP contribution in [-0.2, 0) is 16.6 Å². The summed E-state index contributed by atoms with van der Waals surface area (Å²) in [5.41, 5.74) is 0.680. The van der Waals surface area contributed by atoms with Gasteiger partial charge in [-0.25, -0.2) is 13.1 Å². The van der Waals surface area contributed by atoms with E-state index in [1.165, 1.54) is 11.3 Å². The molecule has 1 N–H and O–H groups in total. The summed E-state index contributed by atoms with van der Waals surface area (Å²) in [4.78, 5) is 18.5. The van der Waals surface area contributed by atoms with E-state index in [-0.39, 0.29) is 24.1 Å². The summed E-state index contributed by atoms with van der Waals surface area (Å²) in [6.45, 7) is 1.16. The fourth-order valence-corrected chi connectivity index (χ4v) is 4.46. The lowest BCUT2D eigenvalue weighted by atomic mass is 10.0. The number of pyridine rings is 1. The SMILES string of the molecule is O=C(c1cccs1)N1CC(CS(=O)(=O)NCc2ccccn2)C1. The maximum Gasteiger partial charge on any atom is 0.263 e. The van der Waals surface area contributed by atoms with Crippen LogP contribution in [0.5, 0.6) is 0 Å². The third-order valence-corrected chi connectivity index (χ3v) is 5.98. The monoisotopic (exact) mass is 351 g/mol. The van der Waals surface area contributed by atoms with E-state index in [1.807, 2.05) is 17.5 Å². The number of rotatable bonds is 6. The lowest BCUT2D eigenvalue weighted by Crippen LogP contribution is -2.53. The molecule has 0 radical (unpaired) electrons. The molecule has 3 heterocycles. The van der Waals surface area contributed by atoms with Crippen LogP contribution in [0.15, 0.2) is 41.9 Å². The third-order valence-electron chi connectivity index (χ3n) is 3.63. The van der Waals surface area contributed by atoms with Crippen molar-refractivity contribution >= 4 is 27.3 Å². The van der Waals surface area contributed by atoms with Crippen LogP contribution in [0.3, 0.4) is 0 Å². The van der Waals surface area contributed by atoms with E-state index >= 15 is 0 Å². The molecule has 8 heteroatoms. The molecule has 0 aliphatic carbocycles. The Morgan fingerprint density at radius 1 is 1.30 bits per heavy atom. The van der Waals surface area contributed by atoms with Crippen molar-refractivity contribution in [3.05, 3.63) is 52.5 Å². The maximum absolute atomic E-state index is 12.1. The third kappa shape index (κ3) is 4.15. The number of carbonyl (C=O) groups excluding carboxylic acids is 1. The number of likely N-dealkylation sites (tertiary alicyclic amines) is 1. The van der Waals surface area contributed by atoms with Gasteiger partial charge in [0.25, 0.3) is 5.91 Å². The number of hydrogen-bond donors (Lipinski definition) is 1. The van der Waals surface area contributed by atoms with Gasteiger partial charge in [-0.05, 0) is 23.6 Å². The number of sulfonamides is 1. The standard InChI is InChI=1S/C15H17N3O3S2/c19-15(14-5-3-7-22-14)18-9-12(10-18)11-23(20,21)17-8-13-4-1-2-6-16-13/h1-7,12,17H,8-11H2. The number of amides is 1. The van der Waals surface area contributed by atoms with Gasteiger partial charge in [-0.2, -0.15) is 0 Å². The first-order valence-electron chi connectivity index (χ1n) is 7.23. The first-order valence-corrected chi connectivity index (χ1v) is 9.77. The Hall–Kier alpha value is -1.77. The van der Waals surface area contributed by atoms with Crippen molar-refractivity contribution in [2.75, 3.05) is 18.8 Å². The van der Waals surface area contributed by atoms with E-state index in [0.29, 0.717) is 23.7 Å². The van der Waals surface area contributed by atoms with Gasteiger partial charge in [0.1, 0.15) is 0 Å². The van der Waals surface area contributed by atoms with E-state index in [4.69, 9.17) is 0 Å². The molecule has 1 aliphatic heterocycles. The fraction of sp³-hybridized carbons (Fsp3) is 0.333. The zero-order valence-electron chi connectivity index (χ0n) is 12.4. The molecule has 1 fully saturated rings. The average Bonchev–Trinajstić information content (AvgIpc) is 3.03. The lowest BCUT2D eigenvalue weighted by molar-refractivity contribution is 0.0539. The first kappa shape index (κ1) is 16.1. The van der Waals surface area contributed by atoms with Gasteiger partial charge in [-0.1, -0.05) is 12.1 Å². The number of carbonyl (C=O) groups is 1. The summed E-state index contributed by atoms with van der Waals surface area (Å²) in [7, 11) is -3.37. The summed E-state index contributed by atoms with van der Waals surface area (Å²) >= 11 is 1.40. The van der Waals surface area contributed by atoms with Gasteiger partial charge in [0.2, 0.25) is 10.0 Å². The highest BCUT2D eigenvalue weighted by Crippen LogP contribution is 2.22. The Bertz CT molecular complexity index is 755. The molecule has 0 saturated carbocycles. The van der Waals surface area contributed by atoms with Crippen LogP contribution >= 0.6 is 11.3 Å². The smallest absolute Gasteiger partial charge is 0.263 e. The summed E-state index contributed by atoms with van der Waals surface area (Å²) in [5, 5.41) is 1.86. The minimum atomic E-state index is -3.37. The number of nitrogens with zero attached hydrogens (tertiary/aromatic N) is 2. The Morgan fingerprint density at radius 3 is 2.78 bits per heavy atom. The quantitative estimate of drug-likeness (QED) is 0.852. The molecule has 0 aromatic carbocycles. The molecular weight excluding hydrogens is 334 g/mol. The molecule has 23 heavy (non-hydrogen) atoms. The van der Waals surface area contributed by atoms with Crippen molar-refractivity contribution in [2.45, 2.75) is 6.54 Å². The second-order valence-corrected chi connectivity index (χ2v) is 8.28. The van der Waals surface area contributed by atoms with Crippen LogP contribution in [0, 0.1) is 5.92 Å². The number of hydrogen-bond acceptors (Lipinski definition) is 5. The summed E-state index contributed by atoms with van der Waals surface area (Å²) in [6, 6.07) is 8.99. The van der Waals surface area contributed by atoms with E-state index in [2.05, 4.69) is 9.71 Å². The molecule has 0 spiro atoms. The molecule has 6 nitrogen and oxygen atoms in total. The summed E-state index contributed by atoms with van der Waals surface area (Å²) in [5.74, 6) is 0.00358. The van der Waals surface area contributed by atoms with Crippen LogP contribution in [-0.4, -0.2) is 43.1 Å². The van der Waals surface area contributed by atoms with Gasteiger partial charge in [-0.3, -0.25) is 9.78 Å². The fourth-order valence-electron chi connectivity index (χ4n) is 2.45. The molecule has 2 aromatic rings. The Morgan fingerprint density at radius 2 is 2.13 bits per heavy atom. The van der Waals surface area contributed by atoms with Crippen LogP contribution in [0.25, 0.3) is 0 Å². The van der Waals surface area contributed by atoms with Crippen LogP contribution < -0.4 is 4.72 Å². The predicted octanol–water partition coefficient (Wildman–Crippen LogP) is 1.33. The maximum atomic E-state index is 12.1. The van der Waals surface area contributed by atoms with Crippen molar-refractivity contribution in [1.29, 1.82) is 0 Å². The highest BCUT2D eigenvalue weighted by Gasteiger charge is 2.34. The van der Waals surface area contributed by atoms with E-state index in [1.54, 1.807) is 29.3 Å². The summed E-state index contributed by atoms with van der Waals surface area (Å²) < 4.78 is 26.7. The first-order chi connectivity index (χ1) is 11.0. The highest BCUT2D eigenvalue weighted by atomic mass is 32.2. The van der Waals surface area contributed by atoms with Gasteiger partial charge in [-0.15, -0.1) is 11.3 Å². The lowest BCUT2D eigenvalue weighted by Gasteiger charge is -2.38. The molecule has 1 saturated heterocycles. The Balaban J connectivity index is 1.46. The molecule has 2 aromatic heterocycles. The van der Waals surface area contributed by atoms with Gasteiger partial charge in [0, 0.05) is 25.2 Å². The molecule has 1 aliphatic rings. The molecule has 0 unspecified atom stereocenters. The second-order valence-electron chi connectivity index (χ2n) is 5.48. The van der Waals surface area contributed by atoms with Crippen molar-refractivity contribution in [3.63, 3.8) is 0 Å². The van der Waals surface area contributed by atoms with Gasteiger partial charge in [0.15, 0.2) is 0 Å². The molecule has 3 rings (SSSR count). The largest absolute Gasteiger partial charge is 0.337 e.